The third kappa shape index (κ3) is 4.11. The first kappa shape index (κ1) is 17.7. The lowest BCUT2D eigenvalue weighted by molar-refractivity contribution is -0.131. The predicted octanol–water partition coefficient (Wildman–Crippen LogP) is 1.45. The van der Waals surface area contributed by atoms with Crippen LogP contribution in [0.4, 0.5) is 5.69 Å². The first-order valence-corrected chi connectivity index (χ1v) is 8.50. The number of nitrogens with zero attached hydrogens (tertiary/aromatic N) is 1. The van der Waals surface area contributed by atoms with Crippen molar-refractivity contribution in [3.05, 3.63) is 54.5 Å². The minimum atomic E-state index is -0.696. The summed E-state index contributed by atoms with van der Waals surface area (Å²) in [6, 6.07) is 12.0. The third-order valence-corrected chi connectivity index (χ3v) is 4.33. The molecule has 0 spiro atoms. The number of para-hydroxylation sites is 1. The summed E-state index contributed by atoms with van der Waals surface area (Å²) < 4.78 is 5.15. The molecule has 1 aromatic heterocycles. The Bertz CT molecular complexity index is 773. The number of anilines is 1. The highest BCUT2D eigenvalue weighted by Crippen LogP contribution is 2.24. The fourth-order valence-electron chi connectivity index (χ4n) is 2.88. The molecule has 2 atom stereocenters. The van der Waals surface area contributed by atoms with E-state index in [0.717, 1.165) is 5.69 Å². The second kappa shape index (κ2) is 7.86. The minimum Gasteiger partial charge on any atom is -0.467 e. The van der Waals surface area contributed by atoms with Gasteiger partial charge in [-0.25, -0.2) is 0 Å². The summed E-state index contributed by atoms with van der Waals surface area (Å²) in [7, 11) is 0. The van der Waals surface area contributed by atoms with Crippen LogP contribution < -0.4 is 15.5 Å². The van der Waals surface area contributed by atoms with Gasteiger partial charge in [0.15, 0.2) is 0 Å². The van der Waals surface area contributed by atoms with Gasteiger partial charge in [-0.15, -0.1) is 0 Å². The second-order valence-electron chi connectivity index (χ2n) is 6.27. The van der Waals surface area contributed by atoms with Crippen molar-refractivity contribution in [3.8, 4) is 0 Å². The summed E-state index contributed by atoms with van der Waals surface area (Å²) in [5.41, 5.74) is 0.775. The molecule has 2 heterocycles. The maximum atomic E-state index is 12.4. The normalized spacial score (nSPS) is 17.8. The molecule has 3 rings (SSSR count). The number of rotatable bonds is 6. The lowest BCUT2D eigenvalue weighted by atomic mass is 10.1. The van der Waals surface area contributed by atoms with Crippen molar-refractivity contribution in [3.63, 3.8) is 0 Å². The fourth-order valence-corrected chi connectivity index (χ4v) is 2.88. The zero-order valence-electron chi connectivity index (χ0n) is 14.5. The van der Waals surface area contributed by atoms with Gasteiger partial charge >= 0.3 is 0 Å². The Morgan fingerprint density at radius 1 is 1.23 bits per heavy atom. The maximum Gasteiger partial charge on any atom is 0.242 e. The van der Waals surface area contributed by atoms with Crippen molar-refractivity contribution < 1.29 is 18.8 Å². The molecule has 2 N–H and O–H groups in total. The molecular weight excluding hydrogens is 334 g/mol. The standard InChI is InChI=1S/C19H21N3O4/c1-13(18(24)20-11-16-8-5-9-26-16)21-19(25)14-10-17(23)22(12-14)15-6-3-2-4-7-15/h2-9,13-14H,10-12H2,1H3,(H,20,24)(H,21,25)/t13-,14?/m0/s1. The molecule has 2 aromatic rings. The van der Waals surface area contributed by atoms with Crippen molar-refractivity contribution in [1.82, 2.24) is 10.6 Å². The number of carbonyl (C=O) groups is 3. The topological polar surface area (TPSA) is 91.7 Å². The average Bonchev–Trinajstić information content (AvgIpc) is 3.30. The van der Waals surface area contributed by atoms with Crippen molar-refractivity contribution in [2.45, 2.75) is 25.9 Å². The van der Waals surface area contributed by atoms with Crippen LogP contribution >= 0.6 is 0 Å². The van der Waals surface area contributed by atoms with Gasteiger partial charge in [0.05, 0.1) is 18.7 Å². The third-order valence-electron chi connectivity index (χ3n) is 4.33. The highest BCUT2D eigenvalue weighted by molar-refractivity contribution is 6.01. The molecule has 1 aliphatic heterocycles. The van der Waals surface area contributed by atoms with Gasteiger partial charge in [0.2, 0.25) is 17.7 Å². The molecule has 136 valence electrons. The Morgan fingerprint density at radius 2 is 2.00 bits per heavy atom. The van der Waals surface area contributed by atoms with Gasteiger partial charge in [-0.05, 0) is 31.2 Å². The Hall–Kier alpha value is -3.09. The highest BCUT2D eigenvalue weighted by atomic mass is 16.3. The molecule has 1 aliphatic rings. The van der Waals surface area contributed by atoms with Crippen LogP contribution in [0, 0.1) is 5.92 Å². The van der Waals surface area contributed by atoms with Crippen molar-refractivity contribution in [2.24, 2.45) is 5.92 Å². The Labute approximate surface area is 151 Å². The molecule has 3 amide bonds. The maximum absolute atomic E-state index is 12.4. The van der Waals surface area contributed by atoms with Crippen LogP contribution in [0.1, 0.15) is 19.1 Å². The van der Waals surface area contributed by atoms with Crippen LogP contribution in [0.3, 0.4) is 0 Å². The predicted molar refractivity (Wildman–Crippen MR) is 95.1 cm³/mol. The summed E-state index contributed by atoms with van der Waals surface area (Å²) in [6.45, 7) is 2.19. The van der Waals surface area contributed by atoms with Gasteiger partial charge in [0.25, 0.3) is 0 Å². The molecular formula is C19H21N3O4. The van der Waals surface area contributed by atoms with Crippen LogP contribution in [0.5, 0.6) is 0 Å². The van der Waals surface area contributed by atoms with Crippen molar-refractivity contribution >= 4 is 23.4 Å². The van der Waals surface area contributed by atoms with E-state index in [1.165, 1.54) is 6.26 Å². The molecule has 7 nitrogen and oxygen atoms in total. The van der Waals surface area contributed by atoms with E-state index in [2.05, 4.69) is 10.6 Å². The van der Waals surface area contributed by atoms with Gasteiger partial charge in [0.1, 0.15) is 11.8 Å². The number of hydrogen-bond acceptors (Lipinski definition) is 4. The van der Waals surface area contributed by atoms with E-state index in [0.29, 0.717) is 12.3 Å². The molecule has 1 unspecified atom stereocenters. The summed E-state index contributed by atoms with van der Waals surface area (Å²) in [5, 5.41) is 5.38. The Morgan fingerprint density at radius 3 is 2.69 bits per heavy atom. The van der Waals surface area contributed by atoms with Crippen LogP contribution in [0.2, 0.25) is 0 Å². The first-order chi connectivity index (χ1) is 12.5. The number of hydrogen-bond donors (Lipinski definition) is 2. The molecule has 26 heavy (non-hydrogen) atoms. The van der Waals surface area contributed by atoms with Gasteiger partial charge in [-0.1, -0.05) is 18.2 Å². The lowest BCUT2D eigenvalue weighted by Gasteiger charge is -2.18. The first-order valence-electron chi connectivity index (χ1n) is 8.50. The molecule has 1 saturated heterocycles. The van der Waals surface area contributed by atoms with E-state index in [1.54, 1.807) is 24.0 Å². The number of amides is 3. The fraction of sp³-hybridized carbons (Fsp3) is 0.316. The van der Waals surface area contributed by atoms with Crippen LogP contribution in [0.25, 0.3) is 0 Å². The molecule has 7 heteroatoms. The van der Waals surface area contributed by atoms with Gasteiger partial charge in [-0.3, -0.25) is 14.4 Å². The number of nitrogens with one attached hydrogen (secondary N) is 2. The summed E-state index contributed by atoms with van der Waals surface area (Å²) in [5.74, 6) is -0.525. The largest absolute Gasteiger partial charge is 0.467 e. The molecule has 0 bridgehead atoms. The number of furan rings is 1. The van der Waals surface area contributed by atoms with Gasteiger partial charge in [-0.2, -0.15) is 0 Å². The van der Waals surface area contributed by atoms with Gasteiger partial charge in [0, 0.05) is 18.7 Å². The Balaban J connectivity index is 1.51. The minimum absolute atomic E-state index is 0.0914. The second-order valence-corrected chi connectivity index (χ2v) is 6.27. The average molecular weight is 355 g/mol. The van der Waals surface area contributed by atoms with Crippen molar-refractivity contribution in [1.29, 1.82) is 0 Å². The molecule has 1 fully saturated rings. The summed E-state index contributed by atoms with van der Waals surface area (Å²) in [6.07, 6.45) is 1.67. The summed E-state index contributed by atoms with van der Waals surface area (Å²) >= 11 is 0. The molecule has 0 saturated carbocycles. The van der Waals surface area contributed by atoms with E-state index in [1.807, 2.05) is 30.3 Å². The van der Waals surface area contributed by atoms with E-state index >= 15 is 0 Å². The quantitative estimate of drug-likeness (QED) is 0.820. The lowest BCUT2D eigenvalue weighted by Crippen LogP contribution is -2.46. The van der Waals surface area contributed by atoms with E-state index in [4.69, 9.17) is 4.42 Å². The van der Waals surface area contributed by atoms with E-state index < -0.39 is 12.0 Å². The van der Waals surface area contributed by atoms with Crippen LogP contribution in [-0.4, -0.2) is 30.3 Å². The zero-order valence-corrected chi connectivity index (χ0v) is 14.5. The number of carbonyl (C=O) groups excluding carboxylic acids is 3. The summed E-state index contributed by atoms with van der Waals surface area (Å²) in [4.78, 5) is 38.3. The SMILES string of the molecule is C[C@H](NC(=O)C1CC(=O)N(c2ccccc2)C1)C(=O)NCc1ccco1. The van der Waals surface area contributed by atoms with E-state index in [9.17, 15) is 14.4 Å². The molecule has 0 aliphatic carbocycles. The monoisotopic (exact) mass is 355 g/mol. The molecule has 1 aromatic carbocycles. The van der Waals surface area contributed by atoms with Crippen LogP contribution in [-0.2, 0) is 20.9 Å². The zero-order chi connectivity index (χ0) is 18.5. The smallest absolute Gasteiger partial charge is 0.242 e. The van der Waals surface area contributed by atoms with Crippen molar-refractivity contribution in [2.75, 3.05) is 11.4 Å². The highest BCUT2D eigenvalue weighted by Gasteiger charge is 2.35. The Kier molecular flexibility index (Phi) is 5.36. The van der Waals surface area contributed by atoms with E-state index in [-0.39, 0.29) is 30.7 Å². The number of benzene rings is 1. The van der Waals surface area contributed by atoms with Gasteiger partial charge < -0.3 is 20.0 Å². The molecule has 0 radical (unpaired) electrons. The van der Waals surface area contributed by atoms with Crippen LogP contribution in [0.15, 0.2) is 53.1 Å².